The zero-order chi connectivity index (χ0) is 15.0. The summed E-state index contributed by atoms with van der Waals surface area (Å²) in [5.74, 6) is 1.26. The van der Waals surface area contributed by atoms with E-state index in [9.17, 15) is 14.4 Å². The maximum absolute atomic E-state index is 12.4. The van der Waals surface area contributed by atoms with E-state index in [0.29, 0.717) is 12.1 Å². The zero-order valence-corrected chi connectivity index (χ0v) is 12.7. The molecule has 1 aromatic carbocycles. The minimum atomic E-state index is -1.10. The summed E-state index contributed by atoms with van der Waals surface area (Å²) in [4.78, 5) is 36.9. The lowest BCUT2D eigenvalue weighted by molar-refractivity contribution is 0.0654. The van der Waals surface area contributed by atoms with Crippen molar-refractivity contribution >= 4 is 41.3 Å². The van der Waals surface area contributed by atoms with Crippen LogP contribution in [0.5, 0.6) is 0 Å². The van der Waals surface area contributed by atoms with Crippen molar-refractivity contribution < 1.29 is 19.5 Å². The van der Waals surface area contributed by atoms with Crippen molar-refractivity contribution in [3.05, 3.63) is 34.9 Å². The molecule has 0 aromatic heterocycles. The number of rotatable bonds is 3. The van der Waals surface area contributed by atoms with Crippen molar-refractivity contribution in [2.45, 2.75) is 5.25 Å². The molecule has 2 amide bonds. The molecule has 1 atom stereocenters. The Morgan fingerprint density at radius 2 is 2.00 bits per heavy atom. The largest absolute Gasteiger partial charge is 0.478 e. The minimum Gasteiger partial charge on any atom is -0.478 e. The Morgan fingerprint density at radius 3 is 2.67 bits per heavy atom. The van der Waals surface area contributed by atoms with Gasteiger partial charge in [-0.15, -0.1) is 0 Å². The number of aromatic carboxylic acids is 1. The molecule has 0 saturated carbocycles. The Morgan fingerprint density at radius 1 is 1.24 bits per heavy atom. The molecule has 2 heterocycles. The van der Waals surface area contributed by atoms with Crippen LogP contribution in [0.2, 0.25) is 0 Å². The van der Waals surface area contributed by atoms with Gasteiger partial charge in [-0.3, -0.25) is 14.5 Å². The topological polar surface area (TPSA) is 74.7 Å². The molecule has 1 saturated heterocycles. The Hall–Kier alpha value is -1.47. The molecule has 1 N–H and O–H groups in total. The average Bonchev–Trinajstić information content (AvgIpc) is 2.73. The van der Waals surface area contributed by atoms with Crippen molar-refractivity contribution in [3.63, 3.8) is 0 Å². The molecule has 21 heavy (non-hydrogen) atoms. The van der Waals surface area contributed by atoms with Gasteiger partial charge >= 0.3 is 5.97 Å². The number of nitrogens with zero attached hydrogens (tertiary/aromatic N) is 1. The highest BCUT2D eigenvalue weighted by molar-refractivity contribution is 8.06. The van der Waals surface area contributed by atoms with Crippen LogP contribution in [0, 0.1) is 0 Å². The number of fused-ring (bicyclic) bond motifs is 1. The summed E-state index contributed by atoms with van der Waals surface area (Å²) in [6.45, 7) is 0.395. The molecule has 0 bridgehead atoms. The average molecular weight is 323 g/mol. The molecule has 0 spiro atoms. The van der Waals surface area contributed by atoms with E-state index in [1.807, 2.05) is 11.8 Å². The summed E-state index contributed by atoms with van der Waals surface area (Å²) in [5, 5.41) is 9.23. The summed E-state index contributed by atoms with van der Waals surface area (Å²) in [6, 6.07) is 4.09. The zero-order valence-electron chi connectivity index (χ0n) is 11.1. The lowest BCUT2D eigenvalue weighted by atomic mass is 10.1. The molecular formula is C14H13NO4S2. The second kappa shape index (κ2) is 5.73. The third-order valence-electron chi connectivity index (χ3n) is 3.49. The number of carboxylic acids is 1. The predicted octanol–water partition coefficient (Wildman–Crippen LogP) is 1.83. The van der Waals surface area contributed by atoms with E-state index in [0.717, 1.165) is 17.3 Å². The molecule has 1 aromatic rings. The van der Waals surface area contributed by atoms with Crippen LogP contribution in [0.15, 0.2) is 18.2 Å². The first kappa shape index (κ1) is 14.5. The molecule has 0 aliphatic carbocycles. The maximum atomic E-state index is 12.4. The highest BCUT2D eigenvalue weighted by Gasteiger charge is 2.37. The standard InChI is InChI=1S/C14H13NO4S2/c16-12-10-2-1-8(14(18)19)5-11(10)13(17)15(12)6-9-7-20-3-4-21-9/h1-2,5,9H,3-4,6-7H2,(H,18,19). The highest BCUT2D eigenvalue weighted by atomic mass is 32.2. The molecule has 2 aliphatic heterocycles. The van der Waals surface area contributed by atoms with E-state index >= 15 is 0 Å². The molecular weight excluding hydrogens is 310 g/mol. The summed E-state index contributed by atoms with van der Waals surface area (Å²) in [7, 11) is 0. The van der Waals surface area contributed by atoms with Gasteiger partial charge in [0.05, 0.1) is 16.7 Å². The Balaban J connectivity index is 1.84. The third-order valence-corrected chi connectivity index (χ3v) is 6.32. The van der Waals surface area contributed by atoms with Crippen LogP contribution in [-0.2, 0) is 0 Å². The van der Waals surface area contributed by atoms with Gasteiger partial charge in [-0.05, 0) is 18.2 Å². The maximum Gasteiger partial charge on any atom is 0.335 e. The normalized spacial score (nSPS) is 21.5. The molecule has 1 fully saturated rings. The Kier molecular flexibility index (Phi) is 3.95. The first-order valence-electron chi connectivity index (χ1n) is 6.51. The van der Waals surface area contributed by atoms with Gasteiger partial charge < -0.3 is 5.11 Å². The van der Waals surface area contributed by atoms with Crippen LogP contribution in [0.4, 0.5) is 0 Å². The molecule has 2 aliphatic rings. The van der Waals surface area contributed by atoms with Crippen LogP contribution in [0.3, 0.4) is 0 Å². The van der Waals surface area contributed by atoms with Crippen LogP contribution >= 0.6 is 23.5 Å². The number of benzene rings is 1. The number of hydrogen-bond acceptors (Lipinski definition) is 5. The lowest BCUT2D eigenvalue weighted by Crippen LogP contribution is -2.37. The molecule has 1 unspecified atom stereocenters. The van der Waals surface area contributed by atoms with E-state index in [1.54, 1.807) is 11.8 Å². The Bertz CT molecular complexity index is 625. The molecule has 3 rings (SSSR count). The van der Waals surface area contributed by atoms with Crippen molar-refractivity contribution in [1.29, 1.82) is 0 Å². The van der Waals surface area contributed by atoms with Crippen LogP contribution in [0.1, 0.15) is 31.1 Å². The first-order chi connectivity index (χ1) is 10.1. The minimum absolute atomic E-state index is 0.0272. The fraction of sp³-hybridized carbons (Fsp3) is 0.357. The van der Waals surface area contributed by atoms with Crippen LogP contribution in [0.25, 0.3) is 0 Å². The van der Waals surface area contributed by atoms with Gasteiger partial charge in [0.25, 0.3) is 11.8 Å². The number of carbonyl (C=O) groups excluding carboxylic acids is 2. The van der Waals surface area contributed by atoms with Gasteiger partial charge in [-0.1, -0.05) is 0 Å². The number of carbonyl (C=O) groups is 3. The first-order valence-corrected chi connectivity index (χ1v) is 8.71. The number of amides is 2. The fourth-order valence-corrected chi connectivity index (χ4v) is 5.09. The van der Waals surface area contributed by atoms with E-state index in [2.05, 4.69) is 0 Å². The van der Waals surface area contributed by atoms with Crippen LogP contribution in [-0.4, -0.2) is 56.8 Å². The SMILES string of the molecule is O=C(O)c1ccc2c(c1)C(=O)N(CC1CSCCS1)C2=O. The van der Waals surface area contributed by atoms with E-state index in [1.165, 1.54) is 23.1 Å². The quantitative estimate of drug-likeness (QED) is 0.856. The predicted molar refractivity (Wildman–Crippen MR) is 82.3 cm³/mol. The molecule has 5 nitrogen and oxygen atoms in total. The number of imide groups is 1. The Labute approximate surface area is 130 Å². The smallest absolute Gasteiger partial charge is 0.335 e. The molecule has 110 valence electrons. The van der Waals surface area contributed by atoms with Crippen molar-refractivity contribution in [3.8, 4) is 0 Å². The monoisotopic (exact) mass is 323 g/mol. The second-order valence-electron chi connectivity index (χ2n) is 4.85. The summed E-state index contributed by atoms with van der Waals surface area (Å²) < 4.78 is 0. The van der Waals surface area contributed by atoms with E-state index in [-0.39, 0.29) is 28.2 Å². The highest BCUT2D eigenvalue weighted by Crippen LogP contribution is 2.29. The summed E-state index contributed by atoms with van der Waals surface area (Å²) >= 11 is 3.61. The van der Waals surface area contributed by atoms with Gasteiger partial charge in [0.15, 0.2) is 0 Å². The summed E-state index contributed by atoms with van der Waals surface area (Å²) in [5.41, 5.74) is 0.533. The second-order valence-corrected chi connectivity index (χ2v) is 7.41. The molecule has 7 heteroatoms. The number of hydrogen-bond donors (Lipinski definition) is 1. The van der Waals surface area contributed by atoms with Crippen molar-refractivity contribution in [2.24, 2.45) is 0 Å². The van der Waals surface area contributed by atoms with Gasteiger partial charge in [-0.25, -0.2) is 4.79 Å². The van der Waals surface area contributed by atoms with Gasteiger partial charge in [0.2, 0.25) is 0 Å². The van der Waals surface area contributed by atoms with Crippen molar-refractivity contribution in [2.75, 3.05) is 23.8 Å². The summed E-state index contributed by atoms with van der Waals surface area (Å²) in [6.07, 6.45) is 0. The van der Waals surface area contributed by atoms with Gasteiger partial charge in [0.1, 0.15) is 0 Å². The lowest BCUT2D eigenvalue weighted by Gasteiger charge is -2.24. The van der Waals surface area contributed by atoms with Gasteiger partial charge in [-0.2, -0.15) is 23.5 Å². The van der Waals surface area contributed by atoms with Gasteiger partial charge in [0, 0.05) is 29.1 Å². The van der Waals surface area contributed by atoms with E-state index in [4.69, 9.17) is 5.11 Å². The third kappa shape index (κ3) is 2.67. The molecule has 0 radical (unpaired) electrons. The number of carboxylic acid groups (broad SMARTS) is 1. The van der Waals surface area contributed by atoms with E-state index < -0.39 is 5.97 Å². The van der Waals surface area contributed by atoms with Crippen LogP contribution < -0.4 is 0 Å². The fourth-order valence-electron chi connectivity index (χ4n) is 2.44. The number of thioether (sulfide) groups is 2. The van der Waals surface area contributed by atoms with Crippen molar-refractivity contribution in [1.82, 2.24) is 4.90 Å².